The van der Waals surface area contributed by atoms with Crippen LogP contribution in [0.15, 0.2) is 4.99 Å². The van der Waals surface area contributed by atoms with Gasteiger partial charge in [-0.05, 0) is 32.6 Å². The Balaban J connectivity index is 1.66. The minimum atomic E-state index is -0.209. The molecule has 2 saturated heterocycles. The number of carbonyl (C=O) groups is 1. The van der Waals surface area contributed by atoms with E-state index < -0.39 is 0 Å². The van der Waals surface area contributed by atoms with Crippen molar-refractivity contribution in [3.8, 4) is 0 Å². The number of ether oxygens (including phenoxy) is 2. The van der Waals surface area contributed by atoms with Crippen molar-refractivity contribution in [2.24, 2.45) is 4.99 Å². The van der Waals surface area contributed by atoms with Gasteiger partial charge in [0.15, 0.2) is 5.96 Å². The minimum absolute atomic E-state index is 0.158. The highest BCUT2D eigenvalue weighted by molar-refractivity contribution is 5.82. The van der Waals surface area contributed by atoms with Gasteiger partial charge in [-0.15, -0.1) is 0 Å². The molecule has 7 nitrogen and oxygen atoms in total. The SMILES string of the molecule is CCOCCCCNC(=NC)N1CCN(C(=O)C2CCCO2)CC1. The molecule has 2 rings (SSSR count). The number of guanidine groups is 1. The lowest BCUT2D eigenvalue weighted by molar-refractivity contribution is -0.142. The van der Waals surface area contributed by atoms with Gasteiger partial charge in [-0.25, -0.2) is 0 Å². The van der Waals surface area contributed by atoms with E-state index in [9.17, 15) is 4.79 Å². The van der Waals surface area contributed by atoms with E-state index in [1.807, 2.05) is 18.9 Å². The molecule has 1 amide bonds. The highest BCUT2D eigenvalue weighted by Crippen LogP contribution is 2.16. The maximum absolute atomic E-state index is 12.4. The maximum atomic E-state index is 12.4. The minimum Gasteiger partial charge on any atom is -0.382 e. The standard InChI is InChI=1S/C17H32N4O3/c1-3-23-13-5-4-8-19-17(18-2)21-11-9-20(10-12-21)16(22)15-7-6-14-24-15/h15H,3-14H2,1-2H3,(H,18,19). The monoisotopic (exact) mass is 340 g/mol. The summed E-state index contributed by atoms with van der Waals surface area (Å²) in [6.07, 6.45) is 3.78. The average Bonchev–Trinajstić information content (AvgIpc) is 3.15. The molecule has 2 aliphatic rings. The molecule has 0 bridgehead atoms. The zero-order valence-electron chi connectivity index (χ0n) is 15.1. The number of amides is 1. The van der Waals surface area contributed by atoms with Crippen LogP contribution in [0, 0.1) is 0 Å². The van der Waals surface area contributed by atoms with Crippen LogP contribution in [0.25, 0.3) is 0 Å². The summed E-state index contributed by atoms with van der Waals surface area (Å²) in [6.45, 7) is 8.35. The molecule has 1 atom stereocenters. The lowest BCUT2D eigenvalue weighted by Gasteiger charge is -2.37. The molecular formula is C17H32N4O3. The van der Waals surface area contributed by atoms with Crippen molar-refractivity contribution in [2.45, 2.75) is 38.7 Å². The second kappa shape index (κ2) is 10.5. The summed E-state index contributed by atoms with van der Waals surface area (Å²) in [7, 11) is 1.81. The van der Waals surface area contributed by atoms with E-state index >= 15 is 0 Å². The second-order valence-electron chi connectivity index (χ2n) is 6.19. The van der Waals surface area contributed by atoms with Crippen LogP contribution in [0.4, 0.5) is 0 Å². The molecule has 1 unspecified atom stereocenters. The summed E-state index contributed by atoms with van der Waals surface area (Å²) < 4.78 is 10.8. The quantitative estimate of drug-likeness (QED) is 0.420. The number of piperazine rings is 1. The van der Waals surface area contributed by atoms with Crippen molar-refractivity contribution in [3.05, 3.63) is 0 Å². The Kier molecular flexibility index (Phi) is 8.32. The predicted molar refractivity (Wildman–Crippen MR) is 94.2 cm³/mol. The fraction of sp³-hybridized carbons (Fsp3) is 0.882. The molecule has 0 radical (unpaired) electrons. The number of aliphatic imine (C=N–C) groups is 1. The number of hydrogen-bond acceptors (Lipinski definition) is 4. The summed E-state index contributed by atoms with van der Waals surface area (Å²) in [6, 6.07) is 0. The number of carbonyl (C=O) groups excluding carboxylic acids is 1. The van der Waals surface area contributed by atoms with Gasteiger partial charge in [-0.1, -0.05) is 0 Å². The molecule has 0 aliphatic carbocycles. The smallest absolute Gasteiger partial charge is 0.251 e. The Bertz CT molecular complexity index is 403. The Labute approximate surface area is 145 Å². The molecule has 2 aliphatic heterocycles. The first-order chi connectivity index (χ1) is 11.8. The van der Waals surface area contributed by atoms with Gasteiger partial charge >= 0.3 is 0 Å². The van der Waals surface area contributed by atoms with Crippen molar-refractivity contribution in [1.82, 2.24) is 15.1 Å². The van der Waals surface area contributed by atoms with E-state index in [-0.39, 0.29) is 12.0 Å². The van der Waals surface area contributed by atoms with Gasteiger partial charge in [0.2, 0.25) is 0 Å². The van der Waals surface area contributed by atoms with Gasteiger partial charge in [0, 0.05) is 59.6 Å². The third kappa shape index (κ3) is 5.63. The van der Waals surface area contributed by atoms with Gasteiger partial charge in [0.05, 0.1) is 0 Å². The predicted octanol–water partition coefficient (Wildman–Crippen LogP) is 0.702. The fourth-order valence-corrected chi connectivity index (χ4v) is 3.12. The van der Waals surface area contributed by atoms with Crippen LogP contribution in [0.5, 0.6) is 0 Å². The van der Waals surface area contributed by atoms with E-state index in [1.165, 1.54) is 0 Å². The van der Waals surface area contributed by atoms with Gasteiger partial charge in [0.1, 0.15) is 6.10 Å². The molecular weight excluding hydrogens is 308 g/mol. The summed E-state index contributed by atoms with van der Waals surface area (Å²) in [4.78, 5) is 20.9. The first-order valence-electron chi connectivity index (χ1n) is 9.20. The third-order valence-electron chi connectivity index (χ3n) is 4.51. The summed E-state index contributed by atoms with van der Waals surface area (Å²) in [5.41, 5.74) is 0. The topological polar surface area (TPSA) is 66.4 Å². The van der Waals surface area contributed by atoms with Crippen molar-refractivity contribution >= 4 is 11.9 Å². The highest BCUT2D eigenvalue weighted by Gasteiger charge is 2.30. The van der Waals surface area contributed by atoms with Crippen LogP contribution >= 0.6 is 0 Å². The van der Waals surface area contributed by atoms with Crippen molar-refractivity contribution in [1.29, 1.82) is 0 Å². The average molecular weight is 340 g/mol. The van der Waals surface area contributed by atoms with Crippen LogP contribution in [-0.4, -0.2) is 87.4 Å². The molecule has 1 N–H and O–H groups in total. The van der Waals surface area contributed by atoms with Crippen LogP contribution in [0.2, 0.25) is 0 Å². The Morgan fingerprint density at radius 1 is 1.25 bits per heavy atom. The number of nitrogens with zero attached hydrogens (tertiary/aromatic N) is 3. The summed E-state index contributed by atoms with van der Waals surface area (Å²) >= 11 is 0. The van der Waals surface area contributed by atoms with Gasteiger partial charge in [-0.3, -0.25) is 9.79 Å². The molecule has 24 heavy (non-hydrogen) atoms. The molecule has 0 saturated carbocycles. The van der Waals surface area contributed by atoms with E-state index in [0.717, 1.165) is 84.2 Å². The van der Waals surface area contributed by atoms with Crippen LogP contribution in [0.3, 0.4) is 0 Å². The van der Waals surface area contributed by atoms with Crippen molar-refractivity contribution < 1.29 is 14.3 Å². The zero-order chi connectivity index (χ0) is 17.2. The Morgan fingerprint density at radius 2 is 2.00 bits per heavy atom. The molecule has 0 aromatic heterocycles. The molecule has 7 heteroatoms. The van der Waals surface area contributed by atoms with Gasteiger partial charge in [-0.2, -0.15) is 0 Å². The second-order valence-corrected chi connectivity index (χ2v) is 6.19. The van der Waals surface area contributed by atoms with E-state index in [1.54, 1.807) is 0 Å². The first-order valence-corrected chi connectivity index (χ1v) is 9.20. The Hall–Kier alpha value is -1.34. The fourth-order valence-electron chi connectivity index (χ4n) is 3.12. The number of hydrogen-bond donors (Lipinski definition) is 1. The summed E-state index contributed by atoms with van der Waals surface area (Å²) in [5, 5.41) is 3.41. The first kappa shape index (κ1) is 19.0. The maximum Gasteiger partial charge on any atom is 0.251 e. The third-order valence-corrected chi connectivity index (χ3v) is 4.51. The number of unbranched alkanes of at least 4 members (excludes halogenated alkanes) is 1. The number of nitrogens with one attached hydrogen (secondary N) is 1. The largest absolute Gasteiger partial charge is 0.382 e. The Morgan fingerprint density at radius 3 is 2.62 bits per heavy atom. The van der Waals surface area contributed by atoms with E-state index in [0.29, 0.717) is 0 Å². The lowest BCUT2D eigenvalue weighted by Crippen LogP contribution is -2.55. The van der Waals surface area contributed by atoms with Gasteiger partial charge in [0.25, 0.3) is 5.91 Å². The molecule has 0 aromatic carbocycles. The van der Waals surface area contributed by atoms with Crippen molar-refractivity contribution in [2.75, 3.05) is 59.6 Å². The molecule has 0 spiro atoms. The normalized spacial score (nSPS) is 22.1. The van der Waals surface area contributed by atoms with Crippen LogP contribution in [-0.2, 0) is 14.3 Å². The van der Waals surface area contributed by atoms with Crippen molar-refractivity contribution in [3.63, 3.8) is 0 Å². The van der Waals surface area contributed by atoms with Crippen LogP contribution < -0.4 is 5.32 Å². The molecule has 2 heterocycles. The zero-order valence-corrected chi connectivity index (χ0v) is 15.1. The van der Waals surface area contributed by atoms with E-state index in [2.05, 4.69) is 15.2 Å². The van der Waals surface area contributed by atoms with Crippen LogP contribution in [0.1, 0.15) is 32.6 Å². The number of rotatable bonds is 7. The molecule has 0 aromatic rings. The highest BCUT2D eigenvalue weighted by atomic mass is 16.5. The van der Waals surface area contributed by atoms with E-state index in [4.69, 9.17) is 9.47 Å². The lowest BCUT2D eigenvalue weighted by atomic mass is 10.2. The molecule has 2 fully saturated rings. The summed E-state index contributed by atoms with van der Waals surface area (Å²) in [5.74, 6) is 1.08. The van der Waals surface area contributed by atoms with Gasteiger partial charge < -0.3 is 24.6 Å². The molecule has 138 valence electrons.